The largest absolute Gasteiger partial charge is 0.493 e. The molecular formula is C10H10N2O4. The Hall–Kier alpha value is -2.29. The molecule has 0 aliphatic carbocycles. The molecule has 6 nitrogen and oxygen atoms in total. The summed E-state index contributed by atoms with van der Waals surface area (Å²) in [7, 11) is 2.71. The molecule has 1 aromatic rings. The van der Waals surface area contributed by atoms with Crippen LogP contribution in [0.3, 0.4) is 0 Å². The van der Waals surface area contributed by atoms with Crippen molar-refractivity contribution in [3.8, 4) is 17.6 Å². The molecule has 0 radical (unpaired) electrons. The lowest BCUT2D eigenvalue weighted by atomic mass is 10.1. The van der Waals surface area contributed by atoms with E-state index in [1.54, 1.807) is 6.07 Å². The number of nitrogens with zero attached hydrogens (tertiary/aromatic N) is 2. The van der Waals surface area contributed by atoms with Crippen molar-refractivity contribution in [2.75, 3.05) is 14.2 Å². The number of nitro benzene ring substituents is 1. The molecule has 0 spiro atoms. The van der Waals surface area contributed by atoms with E-state index >= 15 is 0 Å². The third-order valence-corrected chi connectivity index (χ3v) is 2.00. The molecule has 0 aliphatic heterocycles. The molecule has 0 heterocycles. The minimum atomic E-state index is -0.567. The molecule has 0 amide bonds. The molecule has 0 aliphatic rings. The van der Waals surface area contributed by atoms with E-state index in [-0.39, 0.29) is 23.6 Å². The zero-order chi connectivity index (χ0) is 12.1. The fraction of sp³-hybridized carbons (Fsp3) is 0.300. The molecule has 1 aromatic carbocycles. The van der Waals surface area contributed by atoms with Crippen LogP contribution in [0.5, 0.6) is 11.5 Å². The Kier molecular flexibility index (Phi) is 3.67. The predicted molar refractivity (Wildman–Crippen MR) is 55.5 cm³/mol. The molecular weight excluding hydrogens is 212 g/mol. The van der Waals surface area contributed by atoms with E-state index in [4.69, 9.17) is 14.7 Å². The molecule has 0 bridgehead atoms. The third kappa shape index (κ3) is 2.20. The molecule has 16 heavy (non-hydrogen) atoms. The van der Waals surface area contributed by atoms with Crippen LogP contribution >= 0.6 is 0 Å². The molecule has 84 valence electrons. The zero-order valence-electron chi connectivity index (χ0n) is 8.89. The Labute approximate surface area is 92.2 Å². The van der Waals surface area contributed by atoms with E-state index in [0.29, 0.717) is 5.56 Å². The summed E-state index contributed by atoms with van der Waals surface area (Å²) in [5.74, 6) is 0.316. The molecule has 0 unspecified atom stereocenters. The lowest BCUT2D eigenvalue weighted by Gasteiger charge is -2.08. The topological polar surface area (TPSA) is 85.4 Å². The van der Waals surface area contributed by atoms with Gasteiger partial charge >= 0.3 is 5.69 Å². The summed E-state index contributed by atoms with van der Waals surface area (Å²) >= 11 is 0. The van der Waals surface area contributed by atoms with Crippen LogP contribution in [0, 0.1) is 21.4 Å². The molecule has 0 N–H and O–H groups in total. The molecule has 0 fully saturated rings. The Balaban J connectivity index is 3.38. The maximum atomic E-state index is 10.8. The number of nitriles is 1. The summed E-state index contributed by atoms with van der Waals surface area (Å²) in [5.41, 5.74) is 0.318. The minimum absolute atomic E-state index is 0.0641. The van der Waals surface area contributed by atoms with E-state index in [9.17, 15) is 10.1 Å². The van der Waals surface area contributed by atoms with Crippen LogP contribution in [0.1, 0.15) is 5.56 Å². The van der Waals surface area contributed by atoms with Gasteiger partial charge in [0.05, 0.1) is 31.6 Å². The van der Waals surface area contributed by atoms with E-state index in [0.717, 1.165) is 0 Å². The summed E-state index contributed by atoms with van der Waals surface area (Å²) in [6.07, 6.45) is 0.0845. The quantitative estimate of drug-likeness (QED) is 0.571. The van der Waals surface area contributed by atoms with Crippen LogP contribution in [-0.4, -0.2) is 19.1 Å². The number of ether oxygens (including phenoxy) is 2. The standard InChI is InChI=1S/C10H10N2O4/c1-15-9-6-7(3-4-11)5-8(12(13)14)10(9)16-2/h5-6H,3H2,1-2H3. The highest BCUT2D eigenvalue weighted by Gasteiger charge is 2.21. The maximum absolute atomic E-state index is 10.8. The predicted octanol–water partition coefficient (Wildman–Crippen LogP) is 1.68. The van der Waals surface area contributed by atoms with Gasteiger partial charge in [-0.25, -0.2) is 0 Å². The van der Waals surface area contributed by atoms with Crippen LogP contribution in [0.4, 0.5) is 5.69 Å². The van der Waals surface area contributed by atoms with Gasteiger partial charge in [0, 0.05) is 6.07 Å². The van der Waals surface area contributed by atoms with Crippen LogP contribution in [0.25, 0.3) is 0 Å². The van der Waals surface area contributed by atoms with Crippen LogP contribution < -0.4 is 9.47 Å². The van der Waals surface area contributed by atoms with Crippen molar-refractivity contribution in [1.82, 2.24) is 0 Å². The molecule has 1 rings (SSSR count). The molecule has 0 atom stereocenters. The molecule has 0 aromatic heterocycles. The van der Waals surface area contributed by atoms with Crippen molar-refractivity contribution in [1.29, 1.82) is 5.26 Å². The summed E-state index contributed by atoms with van der Waals surface area (Å²) in [5, 5.41) is 19.3. The highest BCUT2D eigenvalue weighted by molar-refractivity contribution is 5.58. The van der Waals surface area contributed by atoms with Crippen molar-refractivity contribution in [3.63, 3.8) is 0 Å². The van der Waals surface area contributed by atoms with Gasteiger partial charge in [-0.3, -0.25) is 10.1 Å². The highest BCUT2D eigenvalue weighted by atomic mass is 16.6. The van der Waals surface area contributed by atoms with Gasteiger partial charge in [-0.1, -0.05) is 0 Å². The smallest absolute Gasteiger partial charge is 0.315 e. The summed E-state index contributed by atoms with van der Waals surface area (Å²) in [6.45, 7) is 0. The Bertz CT molecular complexity index is 451. The summed E-state index contributed by atoms with van der Waals surface area (Å²) in [6, 6.07) is 4.78. The van der Waals surface area contributed by atoms with Crippen molar-refractivity contribution >= 4 is 5.69 Å². The normalized spacial score (nSPS) is 9.31. The number of benzene rings is 1. The Morgan fingerprint density at radius 3 is 2.56 bits per heavy atom. The van der Waals surface area contributed by atoms with Crippen LogP contribution in [-0.2, 0) is 6.42 Å². The maximum Gasteiger partial charge on any atom is 0.315 e. The van der Waals surface area contributed by atoms with Gasteiger partial charge in [0.25, 0.3) is 0 Å². The SMILES string of the molecule is COc1cc(CC#N)cc([N+](=O)[O-])c1OC. The average Bonchev–Trinajstić information content (AvgIpc) is 2.28. The molecule has 0 saturated heterocycles. The number of hydrogen-bond acceptors (Lipinski definition) is 5. The fourth-order valence-electron chi connectivity index (χ4n) is 1.33. The zero-order valence-corrected chi connectivity index (χ0v) is 8.89. The number of hydrogen-bond donors (Lipinski definition) is 0. The summed E-state index contributed by atoms with van der Waals surface area (Å²) in [4.78, 5) is 10.2. The van der Waals surface area contributed by atoms with E-state index in [2.05, 4.69) is 0 Å². The second kappa shape index (κ2) is 4.98. The lowest BCUT2D eigenvalue weighted by molar-refractivity contribution is -0.385. The van der Waals surface area contributed by atoms with Gasteiger partial charge in [0.15, 0.2) is 5.75 Å². The third-order valence-electron chi connectivity index (χ3n) is 2.00. The first-order chi connectivity index (χ1) is 7.63. The first-order valence-corrected chi connectivity index (χ1v) is 4.40. The molecule has 6 heteroatoms. The van der Waals surface area contributed by atoms with Crippen molar-refractivity contribution < 1.29 is 14.4 Å². The second-order valence-electron chi connectivity index (χ2n) is 2.94. The van der Waals surface area contributed by atoms with Crippen LogP contribution in [0.15, 0.2) is 12.1 Å². The van der Waals surface area contributed by atoms with Gasteiger partial charge in [-0.15, -0.1) is 0 Å². The highest BCUT2D eigenvalue weighted by Crippen LogP contribution is 2.37. The van der Waals surface area contributed by atoms with Crippen molar-refractivity contribution in [2.45, 2.75) is 6.42 Å². The Morgan fingerprint density at radius 1 is 1.44 bits per heavy atom. The van der Waals surface area contributed by atoms with Gasteiger partial charge in [-0.05, 0) is 11.6 Å². The van der Waals surface area contributed by atoms with Crippen molar-refractivity contribution in [3.05, 3.63) is 27.8 Å². The second-order valence-corrected chi connectivity index (χ2v) is 2.94. The van der Waals surface area contributed by atoms with Gasteiger partial charge in [-0.2, -0.15) is 5.26 Å². The molecule has 0 saturated carbocycles. The van der Waals surface area contributed by atoms with Crippen molar-refractivity contribution in [2.24, 2.45) is 0 Å². The Morgan fingerprint density at radius 2 is 2.12 bits per heavy atom. The minimum Gasteiger partial charge on any atom is -0.493 e. The fourth-order valence-corrected chi connectivity index (χ4v) is 1.33. The van der Waals surface area contributed by atoms with E-state index in [1.165, 1.54) is 20.3 Å². The van der Waals surface area contributed by atoms with E-state index < -0.39 is 4.92 Å². The average molecular weight is 222 g/mol. The first-order valence-electron chi connectivity index (χ1n) is 4.40. The number of rotatable bonds is 4. The summed E-state index contributed by atoms with van der Waals surface area (Å²) < 4.78 is 9.89. The lowest BCUT2D eigenvalue weighted by Crippen LogP contribution is -1.98. The van der Waals surface area contributed by atoms with Gasteiger partial charge in [0.1, 0.15) is 0 Å². The monoisotopic (exact) mass is 222 g/mol. The number of nitro groups is 1. The van der Waals surface area contributed by atoms with E-state index in [1.807, 2.05) is 6.07 Å². The van der Waals surface area contributed by atoms with Crippen LogP contribution in [0.2, 0.25) is 0 Å². The van der Waals surface area contributed by atoms with Gasteiger partial charge in [0.2, 0.25) is 5.75 Å². The number of methoxy groups -OCH3 is 2. The van der Waals surface area contributed by atoms with Gasteiger partial charge < -0.3 is 9.47 Å². The first kappa shape index (κ1) is 11.8.